The number of hydrogen-bond donors (Lipinski definition) is 2. The van der Waals surface area contributed by atoms with E-state index >= 15 is 0 Å². The fourth-order valence-corrected chi connectivity index (χ4v) is 1.47. The van der Waals surface area contributed by atoms with E-state index in [-0.39, 0.29) is 28.8 Å². The monoisotopic (exact) mass is 264 g/mol. The normalized spacial score (nSPS) is 16.9. The Labute approximate surface area is 94.5 Å². The van der Waals surface area contributed by atoms with Crippen LogP contribution in [0.25, 0.3) is 0 Å². The van der Waals surface area contributed by atoms with Gasteiger partial charge >= 0.3 is 0 Å². The van der Waals surface area contributed by atoms with Gasteiger partial charge in [0.05, 0.1) is 0 Å². The van der Waals surface area contributed by atoms with Crippen LogP contribution >= 0.6 is 17.0 Å². The van der Waals surface area contributed by atoms with Gasteiger partial charge in [0.2, 0.25) is 5.91 Å². The zero-order valence-electron chi connectivity index (χ0n) is 8.32. The van der Waals surface area contributed by atoms with Crippen molar-refractivity contribution in [2.24, 2.45) is 5.73 Å². The molecule has 3 N–H and O–H groups in total. The first kappa shape index (κ1) is 13.2. The maximum atomic E-state index is 11.1. The van der Waals surface area contributed by atoms with Gasteiger partial charge in [-0.2, -0.15) is 0 Å². The Bertz CT molecular complexity index is 199. The summed E-state index contributed by atoms with van der Waals surface area (Å²) in [6.45, 7) is 4.48. The van der Waals surface area contributed by atoms with Crippen LogP contribution in [0.2, 0.25) is 0 Å². The largest absolute Gasteiger partial charge is 0.370 e. The third kappa shape index (κ3) is 3.53. The van der Waals surface area contributed by atoms with Gasteiger partial charge in [0.25, 0.3) is 0 Å². The van der Waals surface area contributed by atoms with E-state index in [1.165, 1.54) is 0 Å². The number of nitrogens with two attached hydrogens (primary N) is 1. The standard InChI is InChI=1S/C8H16N4O.BrH/c1-7(13)11-3-2-4-12(6-5-11)8(9)10;/h2-6H2,1H3,(H3,9,10);1H. The molecular formula is C8H17BrN4O. The van der Waals surface area contributed by atoms with Crippen LogP contribution in [0.4, 0.5) is 0 Å². The van der Waals surface area contributed by atoms with E-state index in [4.69, 9.17) is 11.1 Å². The molecule has 5 nitrogen and oxygen atoms in total. The molecule has 0 saturated carbocycles. The first-order valence-electron chi connectivity index (χ1n) is 4.45. The van der Waals surface area contributed by atoms with Crippen molar-refractivity contribution < 1.29 is 4.79 Å². The van der Waals surface area contributed by atoms with Gasteiger partial charge in [-0.1, -0.05) is 0 Å². The molecule has 1 saturated heterocycles. The van der Waals surface area contributed by atoms with Gasteiger partial charge < -0.3 is 15.5 Å². The van der Waals surface area contributed by atoms with Crippen LogP contribution in [0.5, 0.6) is 0 Å². The molecular weight excluding hydrogens is 248 g/mol. The van der Waals surface area contributed by atoms with Gasteiger partial charge in [0.1, 0.15) is 0 Å². The molecule has 1 amide bonds. The first-order valence-corrected chi connectivity index (χ1v) is 4.45. The number of nitrogens with zero attached hydrogens (tertiary/aromatic N) is 2. The average molecular weight is 265 g/mol. The second kappa shape index (κ2) is 5.85. The van der Waals surface area contributed by atoms with Crippen molar-refractivity contribution in [2.75, 3.05) is 26.2 Å². The number of guanidine groups is 1. The molecule has 0 aromatic rings. The molecule has 0 aromatic heterocycles. The summed E-state index contributed by atoms with van der Waals surface area (Å²) in [5.41, 5.74) is 5.36. The van der Waals surface area contributed by atoms with Gasteiger partial charge in [-0.3, -0.25) is 10.2 Å². The van der Waals surface area contributed by atoms with Crippen molar-refractivity contribution >= 4 is 28.8 Å². The predicted octanol–water partition coefficient (Wildman–Crippen LogP) is 0.0120. The van der Waals surface area contributed by atoms with Gasteiger partial charge in [-0.15, -0.1) is 17.0 Å². The third-order valence-electron chi connectivity index (χ3n) is 2.28. The number of halogens is 1. The van der Waals surface area contributed by atoms with Crippen LogP contribution in [0.3, 0.4) is 0 Å². The highest BCUT2D eigenvalue weighted by atomic mass is 79.9. The number of carbonyl (C=O) groups excluding carboxylic acids is 1. The molecule has 0 aliphatic carbocycles. The highest BCUT2D eigenvalue weighted by Gasteiger charge is 2.16. The fourth-order valence-electron chi connectivity index (χ4n) is 1.47. The second-order valence-corrected chi connectivity index (χ2v) is 3.23. The second-order valence-electron chi connectivity index (χ2n) is 3.23. The van der Waals surface area contributed by atoms with E-state index in [1.54, 1.807) is 16.7 Å². The summed E-state index contributed by atoms with van der Waals surface area (Å²) < 4.78 is 0. The van der Waals surface area contributed by atoms with E-state index in [2.05, 4.69) is 0 Å². The number of nitrogens with one attached hydrogen (secondary N) is 1. The molecule has 0 unspecified atom stereocenters. The van der Waals surface area contributed by atoms with Crippen molar-refractivity contribution in [1.82, 2.24) is 9.80 Å². The summed E-state index contributed by atoms with van der Waals surface area (Å²) in [6, 6.07) is 0. The minimum atomic E-state index is 0. The van der Waals surface area contributed by atoms with Crippen LogP contribution < -0.4 is 5.73 Å². The minimum absolute atomic E-state index is 0. The lowest BCUT2D eigenvalue weighted by Gasteiger charge is -2.20. The molecule has 0 spiro atoms. The molecule has 1 fully saturated rings. The quantitative estimate of drug-likeness (QED) is 0.478. The van der Waals surface area contributed by atoms with E-state index < -0.39 is 0 Å². The topological polar surface area (TPSA) is 73.4 Å². The highest BCUT2D eigenvalue weighted by Crippen LogP contribution is 2.02. The van der Waals surface area contributed by atoms with Crippen molar-refractivity contribution in [3.8, 4) is 0 Å². The smallest absolute Gasteiger partial charge is 0.219 e. The Morgan fingerprint density at radius 3 is 2.21 bits per heavy atom. The Hall–Kier alpha value is -0.780. The zero-order valence-corrected chi connectivity index (χ0v) is 10.0. The van der Waals surface area contributed by atoms with E-state index in [1.807, 2.05) is 0 Å². The molecule has 1 heterocycles. The predicted molar refractivity (Wildman–Crippen MR) is 60.7 cm³/mol. The lowest BCUT2D eigenvalue weighted by atomic mass is 10.4. The number of amides is 1. The lowest BCUT2D eigenvalue weighted by molar-refractivity contribution is -0.128. The van der Waals surface area contributed by atoms with Crippen LogP contribution in [0, 0.1) is 5.41 Å². The van der Waals surface area contributed by atoms with Gasteiger partial charge in [-0.05, 0) is 6.42 Å². The van der Waals surface area contributed by atoms with Crippen LogP contribution in [-0.2, 0) is 4.79 Å². The Morgan fingerprint density at radius 2 is 1.71 bits per heavy atom. The fraction of sp³-hybridized carbons (Fsp3) is 0.750. The molecule has 0 atom stereocenters. The molecule has 0 aromatic carbocycles. The van der Waals surface area contributed by atoms with Gasteiger partial charge in [0, 0.05) is 33.1 Å². The number of carbonyl (C=O) groups is 1. The molecule has 6 heteroatoms. The molecule has 0 radical (unpaired) electrons. The van der Waals surface area contributed by atoms with Crippen molar-refractivity contribution in [3.05, 3.63) is 0 Å². The number of hydrogen-bond acceptors (Lipinski definition) is 2. The lowest BCUT2D eigenvalue weighted by Crippen LogP contribution is -2.39. The van der Waals surface area contributed by atoms with Crippen molar-refractivity contribution in [2.45, 2.75) is 13.3 Å². The summed E-state index contributed by atoms with van der Waals surface area (Å²) in [7, 11) is 0. The summed E-state index contributed by atoms with van der Waals surface area (Å²) in [5.74, 6) is 0.204. The molecule has 1 aliphatic rings. The summed E-state index contributed by atoms with van der Waals surface area (Å²) in [5, 5.41) is 7.26. The maximum Gasteiger partial charge on any atom is 0.219 e. The molecule has 1 rings (SSSR count). The Balaban J connectivity index is 0.00000169. The van der Waals surface area contributed by atoms with Crippen LogP contribution in [-0.4, -0.2) is 47.8 Å². The van der Waals surface area contributed by atoms with Gasteiger partial charge in [0.15, 0.2) is 5.96 Å². The summed E-state index contributed by atoms with van der Waals surface area (Å²) >= 11 is 0. The molecule has 14 heavy (non-hydrogen) atoms. The van der Waals surface area contributed by atoms with E-state index in [9.17, 15) is 4.79 Å². The van der Waals surface area contributed by atoms with E-state index in [0.717, 1.165) is 19.5 Å². The Morgan fingerprint density at radius 1 is 1.21 bits per heavy atom. The molecule has 1 aliphatic heterocycles. The SMILES string of the molecule is Br.CC(=O)N1CCCN(C(=N)N)CC1. The average Bonchev–Trinajstić information content (AvgIpc) is 2.27. The van der Waals surface area contributed by atoms with E-state index in [0.29, 0.717) is 13.1 Å². The highest BCUT2D eigenvalue weighted by molar-refractivity contribution is 8.93. The minimum Gasteiger partial charge on any atom is -0.370 e. The van der Waals surface area contributed by atoms with Gasteiger partial charge in [-0.25, -0.2) is 0 Å². The zero-order chi connectivity index (χ0) is 9.84. The molecule has 0 bridgehead atoms. The van der Waals surface area contributed by atoms with Crippen LogP contribution in [0.15, 0.2) is 0 Å². The summed E-state index contributed by atoms with van der Waals surface area (Å²) in [6.07, 6.45) is 0.888. The summed E-state index contributed by atoms with van der Waals surface area (Å²) in [4.78, 5) is 14.6. The maximum absolute atomic E-state index is 11.1. The molecule has 82 valence electrons. The van der Waals surface area contributed by atoms with Crippen molar-refractivity contribution in [3.63, 3.8) is 0 Å². The first-order chi connectivity index (χ1) is 6.11. The number of rotatable bonds is 0. The third-order valence-corrected chi connectivity index (χ3v) is 2.28. The Kier molecular flexibility index (Phi) is 5.52. The van der Waals surface area contributed by atoms with Crippen LogP contribution in [0.1, 0.15) is 13.3 Å². The van der Waals surface area contributed by atoms with Crippen molar-refractivity contribution in [1.29, 1.82) is 5.41 Å².